The van der Waals surface area contributed by atoms with E-state index in [0.29, 0.717) is 6.42 Å². The Morgan fingerprint density at radius 1 is 1.07 bits per heavy atom. The minimum atomic E-state index is -0.682. The SMILES string of the molecule is CC/C=C\CC.CCCCCC(=O)O. The van der Waals surface area contributed by atoms with Crippen molar-refractivity contribution in [1.82, 2.24) is 0 Å². The lowest BCUT2D eigenvalue weighted by atomic mass is 10.2. The van der Waals surface area contributed by atoms with Crippen LogP contribution in [0.15, 0.2) is 12.2 Å². The van der Waals surface area contributed by atoms with Gasteiger partial charge in [0, 0.05) is 6.42 Å². The molecule has 2 nitrogen and oxygen atoms in total. The average Bonchev–Trinajstić information content (AvgIpc) is 2.16. The molecule has 0 aromatic rings. The summed E-state index contributed by atoms with van der Waals surface area (Å²) >= 11 is 0. The molecule has 0 saturated carbocycles. The molecule has 0 amide bonds. The lowest BCUT2D eigenvalue weighted by Crippen LogP contribution is -1.92. The maximum atomic E-state index is 9.87. The molecule has 14 heavy (non-hydrogen) atoms. The molecular weight excluding hydrogens is 176 g/mol. The van der Waals surface area contributed by atoms with Crippen LogP contribution in [0.4, 0.5) is 0 Å². The van der Waals surface area contributed by atoms with Gasteiger partial charge < -0.3 is 5.11 Å². The number of hydrogen-bond acceptors (Lipinski definition) is 1. The van der Waals surface area contributed by atoms with E-state index in [2.05, 4.69) is 32.9 Å². The van der Waals surface area contributed by atoms with Crippen LogP contribution in [0.25, 0.3) is 0 Å². The maximum Gasteiger partial charge on any atom is 0.303 e. The normalized spacial score (nSPS) is 9.64. The van der Waals surface area contributed by atoms with Gasteiger partial charge in [0.25, 0.3) is 0 Å². The fraction of sp³-hybridized carbons (Fsp3) is 0.750. The topological polar surface area (TPSA) is 37.3 Å². The van der Waals surface area contributed by atoms with Crippen molar-refractivity contribution >= 4 is 5.97 Å². The molecule has 0 aromatic heterocycles. The number of allylic oxidation sites excluding steroid dienone is 2. The third kappa shape index (κ3) is 22.5. The van der Waals surface area contributed by atoms with Crippen molar-refractivity contribution in [3.05, 3.63) is 12.2 Å². The Morgan fingerprint density at radius 2 is 1.57 bits per heavy atom. The summed E-state index contributed by atoms with van der Waals surface area (Å²) in [7, 11) is 0. The monoisotopic (exact) mass is 200 g/mol. The van der Waals surface area contributed by atoms with E-state index in [1.807, 2.05) is 0 Å². The molecule has 2 heteroatoms. The zero-order chi connectivity index (χ0) is 11.2. The molecule has 0 atom stereocenters. The van der Waals surface area contributed by atoms with Gasteiger partial charge in [0.1, 0.15) is 0 Å². The largest absolute Gasteiger partial charge is 0.481 e. The van der Waals surface area contributed by atoms with Crippen LogP contribution in [0.3, 0.4) is 0 Å². The summed E-state index contributed by atoms with van der Waals surface area (Å²) in [5.74, 6) is -0.682. The minimum Gasteiger partial charge on any atom is -0.481 e. The quantitative estimate of drug-likeness (QED) is 0.519. The first-order valence-electron chi connectivity index (χ1n) is 5.55. The van der Waals surface area contributed by atoms with Gasteiger partial charge in [-0.3, -0.25) is 4.79 Å². The lowest BCUT2D eigenvalue weighted by Gasteiger charge is -1.89. The molecule has 0 aromatic carbocycles. The molecule has 0 unspecified atom stereocenters. The molecule has 0 radical (unpaired) electrons. The summed E-state index contributed by atoms with van der Waals surface area (Å²) in [4.78, 5) is 9.87. The first-order chi connectivity index (χ1) is 6.68. The molecule has 0 heterocycles. The Kier molecular flexibility index (Phi) is 16.5. The van der Waals surface area contributed by atoms with Crippen LogP contribution in [0, 0.1) is 0 Å². The average molecular weight is 200 g/mol. The van der Waals surface area contributed by atoms with E-state index in [1.54, 1.807) is 0 Å². The molecule has 0 fully saturated rings. The van der Waals surface area contributed by atoms with Crippen molar-refractivity contribution in [3.8, 4) is 0 Å². The van der Waals surface area contributed by atoms with E-state index in [-0.39, 0.29) is 0 Å². The molecule has 0 aliphatic rings. The number of hydrogen-bond donors (Lipinski definition) is 1. The van der Waals surface area contributed by atoms with Gasteiger partial charge >= 0.3 is 5.97 Å². The Hall–Kier alpha value is -0.790. The van der Waals surface area contributed by atoms with Gasteiger partial charge in [0.05, 0.1) is 0 Å². The molecule has 84 valence electrons. The fourth-order valence-corrected chi connectivity index (χ4v) is 0.860. The van der Waals surface area contributed by atoms with Crippen LogP contribution in [0.2, 0.25) is 0 Å². The molecule has 0 aliphatic heterocycles. The minimum absolute atomic E-state index is 0.327. The molecule has 0 bridgehead atoms. The van der Waals surface area contributed by atoms with E-state index < -0.39 is 5.97 Å². The van der Waals surface area contributed by atoms with Crippen molar-refractivity contribution in [1.29, 1.82) is 0 Å². The van der Waals surface area contributed by atoms with Crippen LogP contribution in [-0.2, 0) is 4.79 Å². The maximum absolute atomic E-state index is 9.87. The van der Waals surface area contributed by atoms with Gasteiger partial charge in [-0.1, -0.05) is 45.8 Å². The predicted molar refractivity (Wildman–Crippen MR) is 61.5 cm³/mol. The van der Waals surface area contributed by atoms with E-state index in [9.17, 15) is 4.79 Å². The van der Waals surface area contributed by atoms with E-state index >= 15 is 0 Å². The summed E-state index contributed by atoms with van der Waals surface area (Å²) in [5.41, 5.74) is 0. The number of carboxylic acid groups (broad SMARTS) is 1. The Bertz CT molecular complexity index is 133. The molecule has 0 saturated heterocycles. The van der Waals surface area contributed by atoms with Crippen molar-refractivity contribution < 1.29 is 9.90 Å². The smallest absolute Gasteiger partial charge is 0.303 e. The van der Waals surface area contributed by atoms with E-state index in [1.165, 1.54) is 12.8 Å². The fourth-order valence-electron chi connectivity index (χ4n) is 0.860. The summed E-state index contributed by atoms with van der Waals surface area (Å²) < 4.78 is 0. The lowest BCUT2D eigenvalue weighted by molar-refractivity contribution is -0.137. The van der Waals surface area contributed by atoms with Crippen molar-refractivity contribution in [2.75, 3.05) is 0 Å². The van der Waals surface area contributed by atoms with Crippen LogP contribution >= 0.6 is 0 Å². The number of aliphatic carboxylic acids is 1. The zero-order valence-electron chi connectivity index (χ0n) is 9.75. The third-order valence-corrected chi connectivity index (χ3v) is 1.63. The number of carboxylic acids is 1. The van der Waals surface area contributed by atoms with Crippen LogP contribution < -0.4 is 0 Å². The summed E-state index contributed by atoms with van der Waals surface area (Å²) in [5, 5.41) is 8.14. The first-order valence-corrected chi connectivity index (χ1v) is 5.55. The molecule has 0 rings (SSSR count). The number of unbranched alkanes of at least 4 members (excludes halogenated alkanes) is 2. The highest BCUT2D eigenvalue weighted by atomic mass is 16.4. The van der Waals surface area contributed by atoms with Crippen molar-refractivity contribution in [2.45, 2.75) is 59.3 Å². The Labute approximate surface area is 88.0 Å². The molecule has 0 spiro atoms. The Balaban J connectivity index is 0. The van der Waals surface area contributed by atoms with Gasteiger partial charge in [0.2, 0.25) is 0 Å². The highest BCUT2D eigenvalue weighted by Gasteiger charge is 1.92. The second-order valence-electron chi connectivity index (χ2n) is 3.14. The zero-order valence-corrected chi connectivity index (χ0v) is 9.75. The van der Waals surface area contributed by atoms with Crippen molar-refractivity contribution in [3.63, 3.8) is 0 Å². The highest BCUT2D eigenvalue weighted by Crippen LogP contribution is 1.97. The van der Waals surface area contributed by atoms with Gasteiger partial charge in [-0.15, -0.1) is 0 Å². The third-order valence-electron chi connectivity index (χ3n) is 1.63. The van der Waals surface area contributed by atoms with Crippen molar-refractivity contribution in [2.24, 2.45) is 0 Å². The number of carbonyl (C=O) groups is 1. The summed E-state index contributed by atoms with van der Waals surface area (Å²) in [6.45, 7) is 6.35. The van der Waals surface area contributed by atoms with Gasteiger partial charge in [-0.25, -0.2) is 0 Å². The highest BCUT2D eigenvalue weighted by molar-refractivity contribution is 5.66. The van der Waals surface area contributed by atoms with Gasteiger partial charge in [-0.05, 0) is 19.3 Å². The summed E-state index contributed by atoms with van der Waals surface area (Å²) in [6, 6.07) is 0. The van der Waals surface area contributed by atoms with Gasteiger partial charge in [-0.2, -0.15) is 0 Å². The predicted octanol–water partition coefficient (Wildman–Crippen LogP) is 4.01. The number of rotatable bonds is 6. The van der Waals surface area contributed by atoms with Crippen LogP contribution in [-0.4, -0.2) is 11.1 Å². The molecule has 0 aliphatic carbocycles. The molecule has 1 N–H and O–H groups in total. The molecular formula is C12H24O2. The van der Waals surface area contributed by atoms with E-state index in [4.69, 9.17) is 5.11 Å². The van der Waals surface area contributed by atoms with Crippen LogP contribution in [0.5, 0.6) is 0 Å². The second-order valence-corrected chi connectivity index (χ2v) is 3.14. The standard InChI is InChI=1S/C6H12O2.C6H12/c1-2-3-4-5-6(7)8;1-3-5-6-4-2/h2-5H2,1H3,(H,7,8);5-6H,3-4H2,1-2H3/b;6-5-. The van der Waals surface area contributed by atoms with E-state index in [0.717, 1.165) is 19.3 Å². The van der Waals surface area contributed by atoms with Gasteiger partial charge in [0.15, 0.2) is 0 Å². The van der Waals surface area contributed by atoms with Crippen LogP contribution in [0.1, 0.15) is 59.3 Å². The first kappa shape index (κ1) is 15.7. The summed E-state index contributed by atoms with van der Waals surface area (Å²) in [6.07, 6.45) is 9.99. The Morgan fingerprint density at radius 3 is 1.86 bits per heavy atom. The second kappa shape index (κ2) is 14.7.